The van der Waals surface area contributed by atoms with Gasteiger partial charge < -0.3 is 5.32 Å². The zero-order chi connectivity index (χ0) is 15.2. The minimum Gasteiger partial charge on any atom is -0.352 e. The van der Waals surface area contributed by atoms with Crippen molar-refractivity contribution in [3.8, 4) is 10.4 Å². The summed E-state index contributed by atoms with van der Waals surface area (Å²) in [7, 11) is 0. The molecule has 0 aliphatic carbocycles. The second-order valence-corrected chi connectivity index (χ2v) is 6.17. The van der Waals surface area contributed by atoms with Crippen molar-refractivity contribution in [1.29, 1.82) is 0 Å². The molecule has 1 aromatic heterocycles. The zero-order valence-electron chi connectivity index (χ0n) is 12.2. The molecule has 1 heterocycles. The van der Waals surface area contributed by atoms with Gasteiger partial charge in [-0.05, 0) is 36.2 Å². The number of amides is 1. The number of hydrogen-bond donors (Lipinski definition) is 1. The zero-order valence-corrected chi connectivity index (χ0v) is 13.0. The third-order valence-corrected chi connectivity index (χ3v) is 4.61. The van der Waals surface area contributed by atoms with Gasteiger partial charge >= 0.3 is 0 Å². The Hall–Kier alpha value is -2.39. The third kappa shape index (κ3) is 3.62. The Labute approximate surface area is 134 Å². The molecule has 0 bridgehead atoms. The second-order valence-electron chi connectivity index (χ2n) is 5.00. The largest absolute Gasteiger partial charge is 0.352 e. The van der Waals surface area contributed by atoms with Crippen molar-refractivity contribution in [3.63, 3.8) is 0 Å². The molecule has 3 aromatic rings. The summed E-state index contributed by atoms with van der Waals surface area (Å²) in [5.74, 6) is -0.0135. The third-order valence-electron chi connectivity index (χ3n) is 3.41. The van der Waals surface area contributed by atoms with E-state index in [4.69, 9.17) is 0 Å². The lowest BCUT2D eigenvalue weighted by Crippen LogP contribution is -2.25. The molecule has 0 fully saturated rings. The molecule has 110 valence electrons. The summed E-state index contributed by atoms with van der Waals surface area (Å²) in [4.78, 5) is 14.5. The Morgan fingerprint density at radius 2 is 1.55 bits per heavy atom. The monoisotopic (exact) mass is 307 g/mol. The second kappa shape index (κ2) is 7.05. The molecule has 1 amide bonds. The standard InChI is InChI=1S/C19H17NOS/c21-19(16-9-5-2-6-10-16)20-14-13-17-11-12-18(22-17)15-7-3-1-4-8-15/h1-12H,13-14H2,(H,20,21). The fraction of sp³-hybridized carbons (Fsp3) is 0.105. The molecule has 3 rings (SSSR count). The van der Waals surface area contributed by atoms with E-state index in [0.29, 0.717) is 12.1 Å². The first-order valence-corrected chi connectivity index (χ1v) is 8.12. The molecule has 0 radical (unpaired) electrons. The maximum atomic E-state index is 12.0. The van der Waals surface area contributed by atoms with Crippen molar-refractivity contribution in [2.24, 2.45) is 0 Å². The average Bonchev–Trinajstić information content (AvgIpc) is 3.05. The number of thiophene rings is 1. The quantitative estimate of drug-likeness (QED) is 0.744. The van der Waals surface area contributed by atoms with E-state index in [9.17, 15) is 4.79 Å². The van der Waals surface area contributed by atoms with Crippen molar-refractivity contribution in [3.05, 3.63) is 83.2 Å². The van der Waals surface area contributed by atoms with E-state index < -0.39 is 0 Å². The molecule has 0 saturated carbocycles. The fourth-order valence-corrected chi connectivity index (χ4v) is 3.27. The topological polar surface area (TPSA) is 29.1 Å². The number of rotatable bonds is 5. The SMILES string of the molecule is O=C(NCCc1ccc(-c2ccccc2)s1)c1ccccc1. The maximum absolute atomic E-state index is 12.0. The van der Waals surface area contributed by atoms with Gasteiger partial charge in [-0.15, -0.1) is 11.3 Å². The van der Waals surface area contributed by atoms with Crippen LogP contribution in [0.15, 0.2) is 72.8 Å². The van der Waals surface area contributed by atoms with Crippen LogP contribution in [-0.2, 0) is 6.42 Å². The molecule has 3 heteroatoms. The molecular formula is C19H17NOS. The van der Waals surface area contributed by atoms with Gasteiger partial charge in [0.05, 0.1) is 0 Å². The summed E-state index contributed by atoms with van der Waals surface area (Å²) in [5.41, 5.74) is 1.95. The Morgan fingerprint density at radius 1 is 0.864 bits per heavy atom. The van der Waals surface area contributed by atoms with Gasteiger partial charge in [-0.2, -0.15) is 0 Å². The first-order chi connectivity index (χ1) is 10.8. The Kier molecular flexibility index (Phi) is 4.66. The van der Waals surface area contributed by atoms with Gasteiger partial charge in [0.2, 0.25) is 0 Å². The van der Waals surface area contributed by atoms with Gasteiger partial charge in [0, 0.05) is 21.9 Å². The highest BCUT2D eigenvalue weighted by Crippen LogP contribution is 2.27. The first kappa shape index (κ1) is 14.5. The molecule has 0 spiro atoms. The van der Waals surface area contributed by atoms with Crippen LogP contribution in [-0.4, -0.2) is 12.5 Å². The van der Waals surface area contributed by atoms with Crippen LogP contribution in [0.25, 0.3) is 10.4 Å². The van der Waals surface area contributed by atoms with E-state index in [1.165, 1.54) is 15.3 Å². The van der Waals surface area contributed by atoms with Crippen LogP contribution in [0.2, 0.25) is 0 Å². The van der Waals surface area contributed by atoms with E-state index in [1.54, 1.807) is 11.3 Å². The molecule has 22 heavy (non-hydrogen) atoms. The number of carbonyl (C=O) groups is 1. The van der Waals surface area contributed by atoms with E-state index in [1.807, 2.05) is 36.4 Å². The van der Waals surface area contributed by atoms with E-state index in [0.717, 1.165) is 6.42 Å². The van der Waals surface area contributed by atoms with E-state index in [2.05, 4.69) is 41.7 Å². The van der Waals surface area contributed by atoms with Crippen LogP contribution in [0.4, 0.5) is 0 Å². The molecule has 0 aliphatic rings. The fourth-order valence-electron chi connectivity index (χ4n) is 2.26. The van der Waals surface area contributed by atoms with Crippen LogP contribution in [0.5, 0.6) is 0 Å². The molecule has 0 saturated heterocycles. The normalized spacial score (nSPS) is 10.4. The molecule has 0 unspecified atom stereocenters. The summed E-state index contributed by atoms with van der Waals surface area (Å²) in [6.07, 6.45) is 0.857. The molecule has 1 N–H and O–H groups in total. The van der Waals surface area contributed by atoms with E-state index >= 15 is 0 Å². The van der Waals surface area contributed by atoms with Crippen molar-refractivity contribution in [2.75, 3.05) is 6.54 Å². The number of hydrogen-bond acceptors (Lipinski definition) is 2. The lowest BCUT2D eigenvalue weighted by molar-refractivity contribution is 0.0954. The van der Waals surface area contributed by atoms with Crippen LogP contribution >= 0.6 is 11.3 Å². The molecule has 2 aromatic carbocycles. The lowest BCUT2D eigenvalue weighted by atomic mass is 10.2. The van der Waals surface area contributed by atoms with Crippen molar-refractivity contribution in [1.82, 2.24) is 5.32 Å². The lowest BCUT2D eigenvalue weighted by Gasteiger charge is -2.03. The molecule has 0 aliphatic heterocycles. The molecular weight excluding hydrogens is 290 g/mol. The van der Waals surface area contributed by atoms with E-state index in [-0.39, 0.29) is 5.91 Å². The molecule has 2 nitrogen and oxygen atoms in total. The highest BCUT2D eigenvalue weighted by Gasteiger charge is 2.05. The van der Waals surface area contributed by atoms with Gasteiger partial charge in [-0.25, -0.2) is 0 Å². The van der Waals surface area contributed by atoms with Gasteiger partial charge in [0.25, 0.3) is 5.91 Å². The highest BCUT2D eigenvalue weighted by atomic mass is 32.1. The van der Waals surface area contributed by atoms with Crippen molar-refractivity contribution < 1.29 is 4.79 Å². The predicted molar refractivity (Wildman–Crippen MR) is 92.2 cm³/mol. The van der Waals surface area contributed by atoms with Crippen LogP contribution in [0.1, 0.15) is 15.2 Å². The number of benzene rings is 2. The summed E-state index contributed by atoms with van der Waals surface area (Å²) in [6.45, 7) is 0.655. The van der Waals surface area contributed by atoms with Crippen LogP contribution < -0.4 is 5.32 Å². The van der Waals surface area contributed by atoms with Crippen molar-refractivity contribution in [2.45, 2.75) is 6.42 Å². The maximum Gasteiger partial charge on any atom is 0.251 e. The Bertz CT molecular complexity index is 734. The smallest absolute Gasteiger partial charge is 0.251 e. The highest BCUT2D eigenvalue weighted by molar-refractivity contribution is 7.15. The number of nitrogens with one attached hydrogen (secondary N) is 1. The summed E-state index contributed by atoms with van der Waals surface area (Å²) in [5, 5.41) is 2.96. The van der Waals surface area contributed by atoms with Gasteiger partial charge in [0.15, 0.2) is 0 Å². The predicted octanol–water partition coefficient (Wildman–Crippen LogP) is 4.39. The summed E-state index contributed by atoms with van der Waals surface area (Å²) < 4.78 is 0. The minimum atomic E-state index is -0.0135. The average molecular weight is 307 g/mol. The minimum absolute atomic E-state index is 0.0135. The Balaban J connectivity index is 1.55. The van der Waals surface area contributed by atoms with Gasteiger partial charge in [-0.1, -0.05) is 48.5 Å². The summed E-state index contributed by atoms with van der Waals surface area (Å²) in [6, 6.07) is 24.0. The van der Waals surface area contributed by atoms with Crippen LogP contribution in [0.3, 0.4) is 0 Å². The first-order valence-electron chi connectivity index (χ1n) is 7.30. The van der Waals surface area contributed by atoms with Gasteiger partial charge in [-0.3, -0.25) is 4.79 Å². The number of carbonyl (C=O) groups excluding carboxylic acids is 1. The van der Waals surface area contributed by atoms with Crippen molar-refractivity contribution >= 4 is 17.2 Å². The molecule has 0 atom stereocenters. The van der Waals surface area contributed by atoms with Gasteiger partial charge in [0.1, 0.15) is 0 Å². The van der Waals surface area contributed by atoms with Crippen LogP contribution in [0, 0.1) is 0 Å². The summed E-state index contributed by atoms with van der Waals surface area (Å²) >= 11 is 1.78. The Morgan fingerprint density at radius 3 is 2.27 bits per heavy atom.